The van der Waals surface area contributed by atoms with Crippen LogP contribution in [-0.2, 0) is 32.6 Å². The molecule has 5 rings (SSSR count). The molecule has 0 bridgehead atoms. The maximum atomic E-state index is 14.6. The SMILES string of the molecule is CC[C@H](C)NC(=O)[C@@H](Cc1ccccc1)N(Cc1cccc(OC)c1)C(=O)CN(c1ccc(F)cc1)S(=O)(=O)c1ccc2c(c1)OCCO2. The summed E-state index contributed by atoms with van der Waals surface area (Å²) in [6.07, 6.45) is 0.837. The molecule has 49 heavy (non-hydrogen) atoms. The van der Waals surface area contributed by atoms with Crippen molar-refractivity contribution in [2.45, 2.75) is 50.2 Å². The first-order valence-corrected chi connectivity index (χ1v) is 17.5. The molecule has 0 fully saturated rings. The second-order valence-electron chi connectivity index (χ2n) is 11.7. The first kappa shape index (κ1) is 35.2. The fourth-order valence-electron chi connectivity index (χ4n) is 5.41. The Balaban J connectivity index is 1.58. The third kappa shape index (κ3) is 8.69. The fourth-order valence-corrected chi connectivity index (χ4v) is 6.84. The molecule has 1 heterocycles. The molecule has 1 aliphatic rings. The molecule has 10 nitrogen and oxygen atoms in total. The van der Waals surface area contributed by atoms with E-state index in [0.29, 0.717) is 30.1 Å². The largest absolute Gasteiger partial charge is 0.497 e. The summed E-state index contributed by atoms with van der Waals surface area (Å²) in [5.74, 6) is -0.387. The Kier molecular flexibility index (Phi) is 11.4. The van der Waals surface area contributed by atoms with Gasteiger partial charge < -0.3 is 24.4 Å². The zero-order valence-electron chi connectivity index (χ0n) is 27.7. The molecule has 4 aromatic carbocycles. The number of benzene rings is 4. The van der Waals surface area contributed by atoms with Crippen LogP contribution in [0.25, 0.3) is 0 Å². The fraction of sp³-hybridized carbons (Fsp3) is 0.297. The zero-order valence-corrected chi connectivity index (χ0v) is 28.5. The number of hydrogen-bond acceptors (Lipinski definition) is 7. The standard InChI is InChI=1S/C37H40FN3O7S/c1-4-26(2)39-37(43)33(22-27-9-6-5-7-10-27)40(24-28-11-8-12-31(21-28)46-3)36(42)25-41(30-15-13-29(38)14-16-30)49(44,45)32-17-18-34-35(23-32)48-20-19-47-34/h5-18,21,23,26,33H,4,19-20,22,24-25H2,1-3H3,(H,39,43)/t26-,33+/m0/s1. The highest BCUT2D eigenvalue weighted by atomic mass is 32.2. The summed E-state index contributed by atoms with van der Waals surface area (Å²) in [6.45, 7) is 3.68. The highest BCUT2D eigenvalue weighted by Gasteiger charge is 2.35. The highest BCUT2D eigenvalue weighted by molar-refractivity contribution is 7.92. The number of carbonyl (C=O) groups excluding carboxylic acids is 2. The van der Waals surface area contributed by atoms with E-state index in [-0.39, 0.29) is 47.9 Å². The van der Waals surface area contributed by atoms with Crippen molar-refractivity contribution in [1.82, 2.24) is 10.2 Å². The quantitative estimate of drug-likeness (QED) is 0.190. The lowest BCUT2D eigenvalue weighted by Crippen LogP contribution is -2.54. The van der Waals surface area contributed by atoms with Crippen molar-refractivity contribution >= 4 is 27.5 Å². The van der Waals surface area contributed by atoms with Gasteiger partial charge in [-0.1, -0.05) is 49.4 Å². The molecule has 0 unspecified atom stereocenters. The summed E-state index contributed by atoms with van der Waals surface area (Å²) in [4.78, 5) is 29.9. The molecule has 4 aromatic rings. The van der Waals surface area contributed by atoms with Crippen LogP contribution < -0.4 is 23.8 Å². The Morgan fingerprint density at radius 3 is 2.29 bits per heavy atom. The van der Waals surface area contributed by atoms with Gasteiger partial charge in [0.2, 0.25) is 11.8 Å². The van der Waals surface area contributed by atoms with Crippen molar-refractivity contribution in [3.63, 3.8) is 0 Å². The van der Waals surface area contributed by atoms with Crippen LogP contribution in [-0.4, -0.2) is 64.1 Å². The van der Waals surface area contributed by atoms with Gasteiger partial charge >= 0.3 is 0 Å². The van der Waals surface area contributed by atoms with E-state index in [1.165, 1.54) is 42.3 Å². The summed E-state index contributed by atoms with van der Waals surface area (Å²) >= 11 is 0. The number of nitrogens with zero attached hydrogens (tertiary/aromatic N) is 2. The number of anilines is 1. The lowest BCUT2D eigenvalue weighted by Gasteiger charge is -2.34. The first-order chi connectivity index (χ1) is 23.6. The summed E-state index contributed by atoms with van der Waals surface area (Å²) in [6, 6.07) is 24.3. The monoisotopic (exact) mass is 689 g/mol. The number of ether oxygens (including phenoxy) is 3. The molecule has 0 spiro atoms. The molecule has 2 amide bonds. The van der Waals surface area contributed by atoms with E-state index in [4.69, 9.17) is 14.2 Å². The minimum absolute atomic E-state index is 0.0250. The summed E-state index contributed by atoms with van der Waals surface area (Å²) in [5, 5.41) is 3.01. The Morgan fingerprint density at radius 1 is 0.898 bits per heavy atom. The smallest absolute Gasteiger partial charge is 0.264 e. The van der Waals surface area contributed by atoms with Crippen LogP contribution in [0.3, 0.4) is 0 Å². The Hall–Kier alpha value is -5.10. The molecule has 0 saturated heterocycles. The van der Waals surface area contributed by atoms with Crippen molar-refractivity contribution in [1.29, 1.82) is 0 Å². The summed E-state index contributed by atoms with van der Waals surface area (Å²) in [7, 11) is -2.90. The van der Waals surface area contributed by atoms with Crippen molar-refractivity contribution in [3.8, 4) is 17.2 Å². The van der Waals surface area contributed by atoms with Gasteiger partial charge in [-0.3, -0.25) is 13.9 Å². The molecule has 0 saturated carbocycles. The zero-order chi connectivity index (χ0) is 35.0. The van der Waals surface area contributed by atoms with E-state index >= 15 is 0 Å². The van der Waals surface area contributed by atoms with Crippen LogP contribution in [0.4, 0.5) is 10.1 Å². The van der Waals surface area contributed by atoms with Crippen LogP contribution in [0.1, 0.15) is 31.4 Å². The van der Waals surface area contributed by atoms with Gasteiger partial charge in [0.05, 0.1) is 17.7 Å². The van der Waals surface area contributed by atoms with Crippen molar-refractivity contribution in [2.24, 2.45) is 0 Å². The predicted octanol–water partition coefficient (Wildman–Crippen LogP) is 5.36. The first-order valence-electron chi connectivity index (χ1n) is 16.0. The molecule has 0 aromatic heterocycles. The van der Waals surface area contributed by atoms with E-state index in [9.17, 15) is 22.4 Å². The van der Waals surface area contributed by atoms with E-state index in [2.05, 4.69) is 5.32 Å². The van der Waals surface area contributed by atoms with Gasteiger partial charge in [-0.15, -0.1) is 0 Å². The van der Waals surface area contributed by atoms with E-state index < -0.39 is 34.3 Å². The lowest BCUT2D eigenvalue weighted by atomic mass is 10.0. The lowest BCUT2D eigenvalue weighted by molar-refractivity contribution is -0.140. The van der Waals surface area contributed by atoms with Crippen molar-refractivity contribution in [2.75, 3.05) is 31.2 Å². The summed E-state index contributed by atoms with van der Waals surface area (Å²) < 4.78 is 60.3. The molecule has 1 N–H and O–H groups in total. The van der Waals surface area contributed by atoms with Gasteiger partial charge in [-0.2, -0.15) is 0 Å². The Bertz CT molecular complexity index is 1860. The number of sulfonamides is 1. The predicted molar refractivity (Wildman–Crippen MR) is 184 cm³/mol. The highest BCUT2D eigenvalue weighted by Crippen LogP contribution is 2.34. The number of halogens is 1. The van der Waals surface area contributed by atoms with Crippen LogP contribution >= 0.6 is 0 Å². The number of hydrogen-bond donors (Lipinski definition) is 1. The van der Waals surface area contributed by atoms with Gasteiger partial charge in [0.15, 0.2) is 11.5 Å². The molecule has 12 heteroatoms. The summed E-state index contributed by atoms with van der Waals surface area (Å²) in [5.41, 5.74) is 1.55. The number of rotatable bonds is 14. The van der Waals surface area contributed by atoms with Gasteiger partial charge in [0.25, 0.3) is 10.0 Å². The molecule has 0 radical (unpaired) electrons. The van der Waals surface area contributed by atoms with Crippen molar-refractivity contribution in [3.05, 3.63) is 114 Å². The van der Waals surface area contributed by atoms with Crippen LogP contribution in [0.15, 0.2) is 102 Å². The molecular formula is C37H40FN3O7S. The second kappa shape index (κ2) is 15.9. The van der Waals surface area contributed by atoms with Crippen LogP contribution in [0.5, 0.6) is 17.2 Å². The van der Waals surface area contributed by atoms with Crippen LogP contribution in [0.2, 0.25) is 0 Å². The minimum atomic E-state index is -4.43. The van der Waals surface area contributed by atoms with E-state index in [1.54, 1.807) is 24.3 Å². The van der Waals surface area contributed by atoms with Gasteiger partial charge in [-0.05, 0) is 73.0 Å². The molecule has 258 valence electrons. The normalized spacial score (nSPS) is 13.6. The average Bonchev–Trinajstić information content (AvgIpc) is 3.12. The Labute approximate surface area is 286 Å². The van der Waals surface area contributed by atoms with Crippen molar-refractivity contribution < 1.29 is 36.6 Å². The third-order valence-electron chi connectivity index (χ3n) is 8.25. The Morgan fingerprint density at radius 2 is 1.59 bits per heavy atom. The third-order valence-corrected chi connectivity index (χ3v) is 10.0. The molecule has 2 atom stereocenters. The topological polar surface area (TPSA) is 114 Å². The number of carbonyl (C=O) groups is 2. The van der Waals surface area contributed by atoms with Gasteiger partial charge in [0.1, 0.15) is 37.4 Å². The average molecular weight is 690 g/mol. The van der Waals surface area contributed by atoms with E-state index in [0.717, 1.165) is 22.0 Å². The van der Waals surface area contributed by atoms with Gasteiger partial charge in [-0.25, -0.2) is 12.8 Å². The number of fused-ring (bicyclic) bond motifs is 1. The molecular weight excluding hydrogens is 649 g/mol. The van der Waals surface area contributed by atoms with E-state index in [1.807, 2.05) is 44.2 Å². The second-order valence-corrected chi connectivity index (χ2v) is 13.6. The minimum Gasteiger partial charge on any atom is -0.497 e. The number of amides is 2. The van der Waals surface area contributed by atoms with Crippen LogP contribution in [0, 0.1) is 5.82 Å². The number of nitrogens with one attached hydrogen (secondary N) is 1. The molecule has 0 aliphatic carbocycles. The maximum Gasteiger partial charge on any atom is 0.264 e. The number of methoxy groups -OCH3 is 1. The maximum absolute atomic E-state index is 14.6. The molecule has 1 aliphatic heterocycles. The van der Waals surface area contributed by atoms with Gasteiger partial charge in [0, 0.05) is 25.1 Å².